The van der Waals surface area contributed by atoms with Gasteiger partial charge in [-0.25, -0.2) is 0 Å². The Morgan fingerprint density at radius 1 is 0.913 bits per heavy atom. The number of amidine groups is 1. The average molecular weight is 314 g/mol. The Labute approximate surface area is 140 Å². The van der Waals surface area contributed by atoms with Crippen molar-refractivity contribution in [3.05, 3.63) is 35.9 Å². The molecule has 2 aliphatic rings. The lowest BCUT2D eigenvalue weighted by Gasteiger charge is -2.37. The summed E-state index contributed by atoms with van der Waals surface area (Å²) in [5.41, 5.74) is 0.0134. The normalized spacial score (nSPS) is 23.3. The molecule has 1 fully saturated rings. The summed E-state index contributed by atoms with van der Waals surface area (Å²) in [6, 6.07) is 10.1. The lowest BCUT2D eigenvalue weighted by molar-refractivity contribution is -0.0375. The minimum absolute atomic E-state index is 0.278. The molecule has 1 aliphatic heterocycles. The Bertz CT molecular complexity index is 508. The van der Waals surface area contributed by atoms with Gasteiger partial charge in [-0.05, 0) is 25.7 Å². The molecule has 0 bridgehead atoms. The first-order chi connectivity index (χ1) is 11.3. The van der Waals surface area contributed by atoms with Crippen LogP contribution in [0.3, 0.4) is 0 Å². The van der Waals surface area contributed by atoms with Crippen molar-refractivity contribution < 1.29 is 5.11 Å². The van der Waals surface area contributed by atoms with E-state index in [9.17, 15) is 5.11 Å². The molecule has 2 N–H and O–H groups in total. The van der Waals surface area contributed by atoms with E-state index in [1.165, 1.54) is 44.9 Å². The van der Waals surface area contributed by atoms with Crippen molar-refractivity contribution in [2.75, 3.05) is 6.54 Å². The third kappa shape index (κ3) is 4.14. The van der Waals surface area contributed by atoms with E-state index < -0.39 is 5.72 Å². The van der Waals surface area contributed by atoms with Crippen molar-refractivity contribution in [1.82, 2.24) is 5.32 Å². The van der Waals surface area contributed by atoms with Gasteiger partial charge in [0, 0.05) is 24.4 Å². The number of nitrogens with one attached hydrogen (secondary N) is 1. The van der Waals surface area contributed by atoms with E-state index >= 15 is 0 Å². The van der Waals surface area contributed by atoms with Crippen LogP contribution in [-0.4, -0.2) is 17.5 Å². The van der Waals surface area contributed by atoms with Crippen LogP contribution in [0.5, 0.6) is 0 Å². The number of rotatable bonds is 3. The van der Waals surface area contributed by atoms with Gasteiger partial charge < -0.3 is 10.4 Å². The molecule has 23 heavy (non-hydrogen) atoms. The van der Waals surface area contributed by atoms with E-state index in [4.69, 9.17) is 4.99 Å². The van der Waals surface area contributed by atoms with Gasteiger partial charge >= 0.3 is 0 Å². The second kappa shape index (κ2) is 7.96. The van der Waals surface area contributed by atoms with Crippen LogP contribution in [0.1, 0.15) is 69.8 Å². The van der Waals surface area contributed by atoms with Crippen molar-refractivity contribution in [2.45, 2.75) is 69.9 Å². The molecule has 3 heteroatoms. The van der Waals surface area contributed by atoms with Gasteiger partial charge in [-0.2, -0.15) is 0 Å². The highest BCUT2D eigenvalue weighted by Gasteiger charge is 2.40. The number of aliphatic imine (C=N–C) groups is 1. The summed E-state index contributed by atoms with van der Waals surface area (Å²) in [4.78, 5) is 4.77. The molecule has 126 valence electrons. The SMILES string of the molecule is OC(NC1=NCCCCCCC1)(c1ccccc1)C1CCCC1. The van der Waals surface area contributed by atoms with Gasteiger partial charge in [0.25, 0.3) is 0 Å². The zero-order valence-corrected chi connectivity index (χ0v) is 14.1. The summed E-state index contributed by atoms with van der Waals surface area (Å²) in [7, 11) is 0. The van der Waals surface area contributed by atoms with Crippen LogP contribution < -0.4 is 5.32 Å². The monoisotopic (exact) mass is 314 g/mol. The number of hydrogen-bond donors (Lipinski definition) is 2. The molecule has 0 spiro atoms. The summed E-state index contributed by atoms with van der Waals surface area (Å²) in [6.45, 7) is 0.887. The van der Waals surface area contributed by atoms with Crippen molar-refractivity contribution >= 4 is 5.84 Å². The molecule has 1 aromatic carbocycles. The van der Waals surface area contributed by atoms with Crippen LogP contribution in [0, 0.1) is 5.92 Å². The zero-order chi connectivity index (χ0) is 16.0. The highest BCUT2D eigenvalue weighted by Crippen LogP contribution is 2.39. The fourth-order valence-corrected chi connectivity index (χ4v) is 4.00. The summed E-state index contributed by atoms with van der Waals surface area (Å²) in [5.74, 6) is 1.28. The van der Waals surface area contributed by atoms with Crippen molar-refractivity contribution in [3.63, 3.8) is 0 Å². The standard InChI is InChI=1S/C20H30N2O/c23-20(18-13-8-9-14-18,17-11-5-4-6-12-17)22-19-15-7-2-1-3-10-16-21-19/h4-6,11-12,18,23H,1-3,7-10,13-16H2,(H,21,22). The topological polar surface area (TPSA) is 44.6 Å². The maximum atomic E-state index is 11.6. The molecule has 0 radical (unpaired) electrons. The molecule has 1 saturated carbocycles. The lowest BCUT2D eigenvalue weighted by Crippen LogP contribution is -2.50. The Hall–Kier alpha value is -1.35. The number of nitrogens with zero attached hydrogens (tertiary/aromatic N) is 1. The largest absolute Gasteiger partial charge is 0.367 e. The average Bonchev–Trinajstić information content (AvgIpc) is 3.15. The third-order valence-corrected chi connectivity index (χ3v) is 5.37. The van der Waals surface area contributed by atoms with E-state index in [1.54, 1.807) is 0 Å². The van der Waals surface area contributed by atoms with Gasteiger partial charge in [-0.1, -0.05) is 62.4 Å². The lowest BCUT2D eigenvalue weighted by atomic mass is 9.87. The van der Waals surface area contributed by atoms with Gasteiger partial charge in [-0.3, -0.25) is 4.99 Å². The first-order valence-corrected chi connectivity index (χ1v) is 9.38. The minimum atomic E-state index is -0.968. The maximum Gasteiger partial charge on any atom is 0.165 e. The Balaban J connectivity index is 1.82. The first kappa shape index (κ1) is 16.5. The quantitative estimate of drug-likeness (QED) is 0.814. The van der Waals surface area contributed by atoms with Crippen LogP contribution in [0.2, 0.25) is 0 Å². The van der Waals surface area contributed by atoms with Crippen LogP contribution in [-0.2, 0) is 5.72 Å². The Kier molecular flexibility index (Phi) is 5.71. The van der Waals surface area contributed by atoms with Crippen molar-refractivity contribution in [2.24, 2.45) is 10.9 Å². The van der Waals surface area contributed by atoms with Crippen molar-refractivity contribution in [3.8, 4) is 0 Å². The van der Waals surface area contributed by atoms with Crippen LogP contribution >= 0.6 is 0 Å². The molecule has 1 unspecified atom stereocenters. The molecule has 1 heterocycles. The molecule has 1 aliphatic carbocycles. The van der Waals surface area contributed by atoms with Gasteiger partial charge in [-0.15, -0.1) is 0 Å². The predicted octanol–water partition coefficient (Wildman–Crippen LogP) is 4.36. The van der Waals surface area contributed by atoms with Gasteiger partial charge in [0.15, 0.2) is 5.72 Å². The third-order valence-electron chi connectivity index (χ3n) is 5.37. The minimum Gasteiger partial charge on any atom is -0.367 e. The van der Waals surface area contributed by atoms with Crippen LogP contribution in [0.4, 0.5) is 0 Å². The van der Waals surface area contributed by atoms with E-state index in [0.717, 1.165) is 37.2 Å². The zero-order valence-electron chi connectivity index (χ0n) is 14.1. The molecule has 0 aromatic heterocycles. The van der Waals surface area contributed by atoms with Crippen molar-refractivity contribution in [1.29, 1.82) is 0 Å². The second-order valence-electron chi connectivity index (χ2n) is 7.08. The molecule has 1 aromatic rings. The molecule has 1 atom stereocenters. The number of aliphatic hydroxyl groups is 1. The fraction of sp³-hybridized carbons (Fsp3) is 0.650. The highest BCUT2D eigenvalue weighted by molar-refractivity contribution is 5.83. The van der Waals surface area contributed by atoms with E-state index in [0.29, 0.717) is 0 Å². The van der Waals surface area contributed by atoms with E-state index in [-0.39, 0.29) is 5.92 Å². The van der Waals surface area contributed by atoms with E-state index in [2.05, 4.69) is 5.32 Å². The maximum absolute atomic E-state index is 11.6. The van der Waals surface area contributed by atoms with E-state index in [1.807, 2.05) is 30.3 Å². The fourth-order valence-electron chi connectivity index (χ4n) is 4.00. The smallest absolute Gasteiger partial charge is 0.165 e. The van der Waals surface area contributed by atoms with Gasteiger partial charge in [0.05, 0.1) is 5.84 Å². The molecule has 0 amide bonds. The molecule has 0 saturated heterocycles. The number of hydrogen-bond acceptors (Lipinski definition) is 3. The Morgan fingerprint density at radius 3 is 2.39 bits per heavy atom. The summed E-state index contributed by atoms with van der Waals surface area (Å²) >= 11 is 0. The summed E-state index contributed by atoms with van der Waals surface area (Å²) < 4.78 is 0. The molecule has 3 rings (SSSR count). The van der Waals surface area contributed by atoms with Crippen LogP contribution in [0.15, 0.2) is 35.3 Å². The Morgan fingerprint density at radius 2 is 1.61 bits per heavy atom. The second-order valence-corrected chi connectivity index (χ2v) is 7.08. The summed E-state index contributed by atoms with van der Waals surface area (Å²) in [5, 5.41) is 15.1. The van der Waals surface area contributed by atoms with Crippen LogP contribution in [0.25, 0.3) is 0 Å². The van der Waals surface area contributed by atoms with Gasteiger partial charge in [0.1, 0.15) is 0 Å². The molecule has 3 nitrogen and oxygen atoms in total. The summed E-state index contributed by atoms with van der Waals surface area (Å²) in [6.07, 6.45) is 11.8. The highest BCUT2D eigenvalue weighted by atomic mass is 16.3. The predicted molar refractivity (Wildman–Crippen MR) is 95.4 cm³/mol. The number of benzene rings is 1. The molecular weight excluding hydrogens is 284 g/mol. The van der Waals surface area contributed by atoms with Gasteiger partial charge in [0.2, 0.25) is 0 Å². The first-order valence-electron chi connectivity index (χ1n) is 9.38. The molecular formula is C20H30N2O.